The van der Waals surface area contributed by atoms with E-state index in [4.69, 9.17) is 0 Å². The molecule has 0 aliphatic rings. The van der Waals surface area contributed by atoms with E-state index in [-0.39, 0.29) is 11.6 Å². The topological polar surface area (TPSA) is 22.0 Å². The Kier molecular flexibility index (Phi) is 5.57. The van der Waals surface area contributed by atoms with Gasteiger partial charge in [0.05, 0.1) is 11.4 Å². The van der Waals surface area contributed by atoms with Crippen LogP contribution in [0.15, 0.2) is 78.9 Å². The Morgan fingerprint density at radius 3 is 2.45 bits per heavy atom. The molecule has 0 atom stereocenters. The summed E-state index contributed by atoms with van der Waals surface area (Å²) >= 11 is 0. The Morgan fingerprint density at radius 1 is 0.862 bits per heavy atom. The molecule has 0 unspecified atom stereocenters. The van der Waals surface area contributed by atoms with Crippen LogP contribution < -0.4 is 0 Å². The van der Waals surface area contributed by atoms with E-state index in [1.807, 2.05) is 65.2 Å². The fourth-order valence-electron chi connectivity index (χ4n) is 3.89. The molecule has 0 aliphatic carbocycles. The summed E-state index contributed by atoms with van der Waals surface area (Å²) in [6, 6.07) is 24.1. The summed E-state index contributed by atoms with van der Waals surface area (Å²) in [7, 11) is 0. The minimum atomic E-state index is -0.272. The van der Waals surface area contributed by atoms with Gasteiger partial charge in [0, 0.05) is 17.7 Å². The summed E-state index contributed by atoms with van der Waals surface area (Å²) in [4.78, 5) is 13.5. The van der Waals surface area contributed by atoms with Crippen molar-refractivity contribution in [2.75, 3.05) is 0 Å². The highest BCUT2D eigenvalue weighted by molar-refractivity contribution is 6.16. The predicted octanol–water partition coefficient (Wildman–Crippen LogP) is 6.87. The molecule has 4 aromatic rings. The van der Waals surface area contributed by atoms with Gasteiger partial charge in [-0.2, -0.15) is 0 Å². The first-order valence-electron chi connectivity index (χ1n) is 10.2. The van der Waals surface area contributed by atoms with Crippen molar-refractivity contribution in [2.24, 2.45) is 0 Å². The number of carbonyl (C=O) groups is 1. The zero-order chi connectivity index (χ0) is 20.2. The standard InChI is InChI=1S/C26H24FNO/c1-2-3-8-18-28-24(22-13-6-7-15-23(22)27)16-17-25(28)26(29)21-14-9-11-19-10-4-5-12-20(19)21/h4-7,9-17H,2-3,8,18H2,1H3. The number of carbonyl (C=O) groups excluding carboxylic acids is 1. The van der Waals surface area contributed by atoms with Crippen LogP contribution in [0.5, 0.6) is 0 Å². The number of rotatable bonds is 7. The van der Waals surface area contributed by atoms with Crippen LogP contribution in [-0.4, -0.2) is 10.4 Å². The van der Waals surface area contributed by atoms with E-state index in [9.17, 15) is 9.18 Å². The van der Waals surface area contributed by atoms with Crippen molar-refractivity contribution in [1.29, 1.82) is 0 Å². The molecule has 4 rings (SSSR count). The number of hydrogen-bond donors (Lipinski definition) is 0. The predicted molar refractivity (Wildman–Crippen MR) is 117 cm³/mol. The number of nitrogens with zero attached hydrogens (tertiary/aromatic N) is 1. The number of unbranched alkanes of at least 4 members (excludes halogenated alkanes) is 2. The largest absolute Gasteiger partial charge is 0.338 e. The number of benzene rings is 3. The lowest BCUT2D eigenvalue weighted by atomic mass is 10.00. The lowest BCUT2D eigenvalue weighted by Gasteiger charge is -2.14. The Morgan fingerprint density at radius 2 is 1.62 bits per heavy atom. The second kappa shape index (κ2) is 8.44. The minimum Gasteiger partial charge on any atom is -0.338 e. The van der Waals surface area contributed by atoms with Crippen LogP contribution in [0.2, 0.25) is 0 Å². The highest BCUT2D eigenvalue weighted by atomic mass is 19.1. The van der Waals surface area contributed by atoms with Gasteiger partial charge in [-0.25, -0.2) is 4.39 Å². The van der Waals surface area contributed by atoms with Crippen molar-refractivity contribution in [3.8, 4) is 11.3 Å². The van der Waals surface area contributed by atoms with Crippen LogP contribution >= 0.6 is 0 Å². The number of ketones is 1. The molecule has 0 bridgehead atoms. The van der Waals surface area contributed by atoms with Crippen LogP contribution in [0, 0.1) is 5.82 Å². The number of aromatic nitrogens is 1. The summed E-state index contributed by atoms with van der Waals surface area (Å²) in [5, 5.41) is 1.98. The van der Waals surface area contributed by atoms with Crippen molar-refractivity contribution in [1.82, 2.24) is 4.57 Å². The van der Waals surface area contributed by atoms with Gasteiger partial charge in [-0.3, -0.25) is 4.79 Å². The van der Waals surface area contributed by atoms with Gasteiger partial charge in [0.1, 0.15) is 5.82 Å². The Bertz CT molecular complexity index is 1150. The van der Waals surface area contributed by atoms with Crippen molar-refractivity contribution >= 4 is 16.6 Å². The van der Waals surface area contributed by atoms with Crippen LogP contribution in [0.3, 0.4) is 0 Å². The van der Waals surface area contributed by atoms with Crippen LogP contribution in [0.25, 0.3) is 22.0 Å². The number of halogens is 1. The summed E-state index contributed by atoms with van der Waals surface area (Å²) in [6.45, 7) is 2.84. The van der Waals surface area contributed by atoms with E-state index in [0.29, 0.717) is 23.4 Å². The van der Waals surface area contributed by atoms with Crippen molar-refractivity contribution in [2.45, 2.75) is 32.7 Å². The maximum atomic E-state index is 14.5. The molecule has 0 amide bonds. The normalized spacial score (nSPS) is 11.1. The molecular weight excluding hydrogens is 361 g/mol. The van der Waals surface area contributed by atoms with Gasteiger partial charge in [-0.05, 0) is 41.5 Å². The average Bonchev–Trinajstić information content (AvgIpc) is 3.17. The van der Waals surface area contributed by atoms with Gasteiger partial charge in [0.2, 0.25) is 5.78 Å². The smallest absolute Gasteiger partial charge is 0.210 e. The molecule has 1 heterocycles. The first-order chi connectivity index (χ1) is 14.2. The van der Waals surface area contributed by atoms with E-state index in [1.54, 1.807) is 12.1 Å². The Hall–Kier alpha value is -3.20. The number of hydrogen-bond acceptors (Lipinski definition) is 1. The monoisotopic (exact) mass is 385 g/mol. The molecule has 0 aliphatic heterocycles. The van der Waals surface area contributed by atoms with Crippen molar-refractivity contribution in [3.63, 3.8) is 0 Å². The van der Waals surface area contributed by atoms with Gasteiger partial charge in [-0.15, -0.1) is 0 Å². The second-order valence-corrected chi connectivity index (χ2v) is 7.30. The summed E-state index contributed by atoms with van der Waals surface area (Å²) in [5.74, 6) is -0.299. The Labute approximate surface area is 170 Å². The average molecular weight is 385 g/mol. The molecule has 3 heteroatoms. The molecule has 0 spiro atoms. The van der Waals surface area contributed by atoms with Crippen LogP contribution in [-0.2, 0) is 6.54 Å². The van der Waals surface area contributed by atoms with Gasteiger partial charge in [0.15, 0.2) is 0 Å². The molecular formula is C26H24FNO. The molecule has 0 saturated heterocycles. The van der Waals surface area contributed by atoms with Crippen LogP contribution in [0.4, 0.5) is 4.39 Å². The van der Waals surface area contributed by atoms with E-state index in [2.05, 4.69) is 6.92 Å². The highest BCUT2D eigenvalue weighted by Gasteiger charge is 2.20. The van der Waals surface area contributed by atoms with Gasteiger partial charge >= 0.3 is 0 Å². The van der Waals surface area contributed by atoms with Crippen molar-refractivity contribution < 1.29 is 9.18 Å². The maximum absolute atomic E-state index is 14.5. The maximum Gasteiger partial charge on any atom is 0.210 e. The SMILES string of the molecule is CCCCCn1c(C(=O)c2cccc3ccccc23)ccc1-c1ccccc1F. The van der Waals surface area contributed by atoms with Gasteiger partial charge in [-0.1, -0.05) is 74.4 Å². The highest BCUT2D eigenvalue weighted by Crippen LogP contribution is 2.29. The third kappa shape index (κ3) is 3.73. The quantitative estimate of drug-likeness (QED) is 0.251. The molecule has 0 radical (unpaired) electrons. The molecule has 146 valence electrons. The van der Waals surface area contributed by atoms with E-state index < -0.39 is 0 Å². The zero-order valence-electron chi connectivity index (χ0n) is 16.6. The molecule has 0 fully saturated rings. The summed E-state index contributed by atoms with van der Waals surface area (Å²) in [5.41, 5.74) is 2.57. The zero-order valence-corrected chi connectivity index (χ0v) is 16.6. The molecule has 0 N–H and O–H groups in total. The third-order valence-electron chi connectivity index (χ3n) is 5.38. The molecule has 3 aromatic carbocycles. The molecule has 0 saturated carbocycles. The Balaban J connectivity index is 1.82. The lowest BCUT2D eigenvalue weighted by Crippen LogP contribution is -2.12. The van der Waals surface area contributed by atoms with E-state index >= 15 is 0 Å². The summed E-state index contributed by atoms with van der Waals surface area (Å²) < 4.78 is 16.5. The second-order valence-electron chi connectivity index (χ2n) is 7.30. The van der Waals surface area contributed by atoms with Gasteiger partial charge in [0.25, 0.3) is 0 Å². The van der Waals surface area contributed by atoms with Crippen LogP contribution in [0.1, 0.15) is 42.2 Å². The first-order valence-corrected chi connectivity index (χ1v) is 10.2. The fraction of sp³-hybridized carbons (Fsp3) is 0.192. The molecule has 1 aromatic heterocycles. The molecule has 29 heavy (non-hydrogen) atoms. The fourth-order valence-corrected chi connectivity index (χ4v) is 3.89. The number of fused-ring (bicyclic) bond motifs is 1. The minimum absolute atomic E-state index is 0.0270. The summed E-state index contributed by atoms with van der Waals surface area (Å²) in [6.07, 6.45) is 3.10. The van der Waals surface area contributed by atoms with Crippen molar-refractivity contribution in [3.05, 3.63) is 95.9 Å². The van der Waals surface area contributed by atoms with E-state index in [1.165, 1.54) is 6.07 Å². The molecule has 2 nitrogen and oxygen atoms in total. The van der Waals surface area contributed by atoms with E-state index in [0.717, 1.165) is 35.7 Å². The third-order valence-corrected chi connectivity index (χ3v) is 5.38. The lowest BCUT2D eigenvalue weighted by molar-refractivity contribution is 0.103. The first kappa shape index (κ1) is 19.1. The van der Waals surface area contributed by atoms with Gasteiger partial charge < -0.3 is 4.57 Å².